The second-order valence-corrected chi connectivity index (χ2v) is 5.58. The van der Waals surface area contributed by atoms with Crippen LogP contribution in [0.15, 0.2) is 12.4 Å². The molecule has 1 aliphatic carbocycles. The molecule has 0 aliphatic heterocycles. The van der Waals surface area contributed by atoms with Crippen LogP contribution in [0.25, 0.3) is 0 Å². The Morgan fingerprint density at radius 3 is 2.68 bits per heavy atom. The molecule has 0 unspecified atom stereocenters. The standard InChI is InChI=1S/C14H25N3O2/c18-8-7-17-11-13(10-16-17)9-15-12-14(19)5-3-1-2-4-6-14/h10-11,15,18-19H,1-9,12H2. The minimum Gasteiger partial charge on any atom is -0.394 e. The predicted octanol–water partition coefficient (Wildman–Crippen LogP) is 1.05. The molecule has 0 bridgehead atoms. The van der Waals surface area contributed by atoms with Crippen molar-refractivity contribution in [2.24, 2.45) is 0 Å². The fraction of sp³-hybridized carbons (Fsp3) is 0.786. The maximum Gasteiger partial charge on any atom is 0.0771 e. The molecular weight excluding hydrogens is 242 g/mol. The number of rotatable bonds is 6. The van der Waals surface area contributed by atoms with Gasteiger partial charge in [0.1, 0.15) is 0 Å². The van der Waals surface area contributed by atoms with Gasteiger partial charge in [-0.2, -0.15) is 5.10 Å². The van der Waals surface area contributed by atoms with Crippen molar-refractivity contribution in [3.8, 4) is 0 Å². The van der Waals surface area contributed by atoms with Gasteiger partial charge in [-0.3, -0.25) is 4.68 Å². The van der Waals surface area contributed by atoms with Gasteiger partial charge in [0, 0.05) is 24.8 Å². The van der Waals surface area contributed by atoms with Gasteiger partial charge in [0.2, 0.25) is 0 Å². The minimum atomic E-state index is -0.530. The molecule has 0 radical (unpaired) electrons. The summed E-state index contributed by atoms with van der Waals surface area (Å²) in [5, 5.41) is 26.8. The van der Waals surface area contributed by atoms with E-state index in [-0.39, 0.29) is 6.61 Å². The van der Waals surface area contributed by atoms with Crippen molar-refractivity contribution >= 4 is 0 Å². The Kier molecular flexibility index (Phi) is 5.36. The predicted molar refractivity (Wildman–Crippen MR) is 73.7 cm³/mol. The maximum absolute atomic E-state index is 10.5. The molecule has 108 valence electrons. The van der Waals surface area contributed by atoms with Crippen LogP contribution in [0, 0.1) is 0 Å². The van der Waals surface area contributed by atoms with Crippen molar-refractivity contribution < 1.29 is 10.2 Å². The summed E-state index contributed by atoms with van der Waals surface area (Å²) in [5.41, 5.74) is 0.558. The van der Waals surface area contributed by atoms with Crippen LogP contribution in [0.3, 0.4) is 0 Å². The van der Waals surface area contributed by atoms with Crippen molar-refractivity contribution in [1.82, 2.24) is 15.1 Å². The number of aliphatic hydroxyl groups is 2. The first-order valence-electron chi connectivity index (χ1n) is 7.27. The zero-order chi connectivity index (χ0) is 13.6. The van der Waals surface area contributed by atoms with E-state index >= 15 is 0 Å². The summed E-state index contributed by atoms with van der Waals surface area (Å²) in [6.45, 7) is 2.00. The summed E-state index contributed by atoms with van der Waals surface area (Å²) in [4.78, 5) is 0. The van der Waals surface area contributed by atoms with Gasteiger partial charge >= 0.3 is 0 Å². The number of nitrogens with zero attached hydrogens (tertiary/aromatic N) is 2. The highest BCUT2D eigenvalue weighted by Crippen LogP contribution is 2.26. The van der Waals surface area contributed by atoms with Crippen LogP contribution in [-0.4, -0.2) is 38.7 Å². The number of aromatic nitrogens is 2. The zero-order valence-corrected chi connectivity index (χ0v) is 11.5. The lowest BCUT2D eigenvalue weighted by Crippen LogP contribution is -2.39. The van der Waals surface area contributed by atoms with Gasteiger partial charge in [-0.15, -0.1) is 0 Å². The molecule has 1 heterocycles. The maximum atomic E-state index is 10.5. The third-order valence-corrected chi connectivity index (χ3v) is 3.83. The summed E-state index contributed by atoms with van der Waals surface area (Å²) in [6, 6.07) is 0. The van der Waals surface area contributed by atoms with E-state index < -0.39 is 5.60 Å². The van der Waals surface area contributed by atoms with Crippen LogP contribution in [0.4, 0.5) is 0 Å². The van der Waals surface area contributed by atoms with Gasteiger partial charge in [-0.1, -0.05) is 25.7 Å². The first kappa shape index (κ1) is 14.5. The number of hydrogen-bond donors (Lipinski definition) is 3. The smallest absolute Gasteiger partial charge is 0.0771 e. The van der Waals surface area contributed by atoms with E-state index in [0.717, 1.165) is 31.2 Å². The van der Waals surface area contributed by atoms with E-state index in [0.29, 0.717) is 19.6 Å². The second kappa shape index (κ2) is 7.03. The van der Waals surface area contributed by atoms with Crippen LogP contribution in [0.5, 0.6) is 0 Å². The van der Waals surface area contributed by atoms with Crippen LogP contribution in [-0.2, 0) is 13.1 Å². The van der Waals surface area contributed by atoms with Crippen LogP contribution >= 0.6 is 0 Å². The summed E-state index contributed by atoms with van der Waals surface area (Å²) >= 11 is 0. The lowest BCUT2D eigenvalue weighted by Gasteiger charge is -2.26. The number of hydrogen-bond acceptors (Lipinski definition) is 4. The van der Waals surface area contributed by atoms with Crippen molar-refractivity contribution in [1.29, 1.82) is 0 Å². The molecular formula is C14H25N3O2. The highest BCUT2D eigenvalue weighted by molar-refractivity contribution is 5.03. The Morgan fingerprint density at radius 1 is 1.26 bits per heavy atom. The third kappa shape index (κ3) is 4.60. The summed E-state index contributed by atoms with van der Waals surface area (Å²) in [7, 11) is 0. The molecule has 1 aromatic heterocycles. The second-order valence-electron chi connectivity index (χ2n) is 5.58. The van der Waals surface area contributed by atoms with Crippen LogP contribution in [0.2, 0.25) is 0 Å². The molecule has 0 spiro atoms. The van der Waals surface area contributed by atoms with Gasteiger partial charge in [-0.25, -0.2) is 0 Å². The van der Waals surface area contributed by atoms with Gasteiger partial charge in [0.25, 0.3) is 0 Å². The van der Waals surface area contributed by atoms with Gasteiger partial charge in [-0.05, 0) is 12.8 Å². The van der Waals surface area contributed by atoms with Crippen LogP contribution < -0.4 is 5.32 Å². The Morgan fingerprint density at radius 2 is 2.00 bits per heavy atom. The van der Waals surface area contributed by atoms with Gasteiger partial charge in [0.15, 0.2) is 0 Å². The Bertz CT molecular complexity index is 371. The first-order chi connectivity index (χ1) is 9.22. The quantitative estimate of drug-likeness (QED) is 0.674. The first-order valence-corrected chi connectivity index (χ1v) is 7.27. The molecule has 1 saturated carbocycles. The highest BCUT2D eigenvalue weighted by atomic mass is 16.3. The van der Waals surface area contributed by atoms with E-state index in [9.17, 15) is 5.11 Å². The minimum absolute atomic E-state index is 0.105. The van der Waals surface area contributed by atoms with E-state index in [1.54, 1.807) is 10.9 Å². The van der Waals surface area contributed by atoms with Crippen molar-refractivity contribution in [3.63, 3.8) is 0 Å². The molecule has 0 atom stereocenters. The van der Waals surface area contributed by atoms with Crippen LogP contribution in [0.1, 0.15) is 44.1 Å². The molecule has 0 saturated heterocycles. The fourth-order valence-corrected chi connectivity index (χ4v) is 2.73. The molecule has 1 aliphatic rings. The van der Waals surface area contributed by atoms with Crippen molar-refractivity contribution in [3.05, 3.63) is 18.0 Å². The van der Waals surface area contributed by atoms with E-state index in [1.807, 2.05) is 6.20 Å². The number of aliphatic hydroxyl groups excluding tert-OH is 1. The van der Waals surface area contributed by atoms with Gasteiger partial charge in [0.05, 0.1) is 24.9 Å². The summed E-state index contributed by atoms with van der Waals surface area (Å²) < 4.78 is 1.73. The largest absolute Gasteiger partial charge is 0.394 e. The topological polar surface area (TPSA) is 70.3 Å². The third-order valence-electron chi connectivity index (χ3n) is 3.83. The molecule has 5 nitrogen and oxygen atoms in total. The molecule has 1 fully saturated rings. The Balaban J connectivity index is 1.75. The average molecular weight is 267 g/mol. The normalized spacial score (nSPS) is 19.3. The molecule has 3 N–H and O–H groups in total. The van der Waals surface area contributed by atoms with E-state index in [2.05, 4.69) is 10.4 Å². The average Bonchev–Trinajstić information content (AvgIpc) is 2.71. The molecule has 5 heteroatoms. The monoisotopic (exact) mass is 267 g/mol. The highest BCUT2D eigenvalue weighted by Gasteiger charge is 2.27. The van der Waals surface area contributed by atoms with Gasteiger partial charge < -0.3 is 15.5 Å². The fourth-order valence-electron chi connectivity index (χ4n) is 2.73. The zero-order valence-electron chi connectivity index (χ0n) is 11.5. The SMILES string of the molecule is OCCn1cc(CNCC2(O)CCCCCC2)cn1. The summed E-state index contributed by atoms with van der Waals surface area (Å²) in [6.07, 6.45) is 10.3. The Labute approximate surface area is 114 Å². The lowest BCUT2D eigenvalue weighted by atomic mass is 9.94. The molecule has 1 aromatic rings. The molecule has 2 rings (SSSR count). The molecule has 0 amide bonds. The van der Waals surface area contributed by atoms with Crippen molar-refractivity contribution in [2.45, 2.75) is 57.2 Å². The number of nitrogens with one attached hydrogen (secondary N) is 1. The summed E-state index contributed by atoms with van der Waals surface area (Å²) in [5.74, 6) is 0. The Hall–Kier alpha value is -0.910. The van der Waals surface area contributed by atoms with Crippen molar-refractivity contribution in [2.75, 3.05) is 13.2 Å². The van der Waals surface area contributed by atoms with E-state index in [4.69, 9.17) is 5.11 Å². The molecule has 19 heavy (non-hydrogen) atoms. The molecule has 0 aromatic carbocycles. The van der Waals surface area contributed by atoms with E-state index in [1.165, 1.54) is 12.8 Å². The lowest BCUT2D eigenvalue weighted by molar-refractivity contribution is 0.0250.